The van der Waals surface area contributed by atoms with Crippen LogP contribution in [0.1, 0.15) is 325 Å². The SMILES string of the molecule is CCCCCCCC(=O)OC[C@H](COP(=O)(O)OC[C@H](O)COP(=O)(O)OC[C@@H](COC(=O)CCCCCCCCCCCCCCC(C)C)OC(=O)CCCCCCCCCCCCCCC(C)C)OC(=O)CCCCCCCCC(C)CC. The molecule has 0 heterocycles. The maximum Gasteiger partial charge on any atom is 0.472 e. The first-order chi connectivity index (χ1) is 40.8. The molecule has 0 aliphatic rings. The van der Waals surface area contributed by atoms with Crippen molar-refractivity contribution >= 4 is 39.5 Å². The van der Waals surface area contributed by atoms with Gasteiger partial charge in [0.2, 0.25) is 0 Å². The van der Waals surface area contributed by atoms with Gasteiger partial charge >= 0.3 is 39.5 Å². The predicted molar refractivity (Wildman–Crippen MR) is 340 cm³/mol. The number of hydrogen-bond donors (Lipinski definition) is 3. The van der Waals surface area contributed by atoms with Crippen molar-refractivity contribution in [3.63, 3.8) is 0 Å². The van der Waals surface area contributed by atoms with E-state index in [4.69, 9.17) is 37.0 Å². The summed E-state index contributed by atoms with van der Waals surface area (Å²) in [5.74, 6) is 0.134. The first-order valence-corrected chi connectivity index (χ1v) is 37.4. The van der Waals surface area contributed by atoms with Crippen molar-refractivity contribution < 1.29 is 80.2 Å². The second kappa shape index (κ2) is 57.2. The van der Waals surface area contributed by atoms with Crippen molar-refractivity contribution in [1.29, 1.82) is 0 Å². The number of unbranched alkanes of at least 4 members (excludes halogenated alkanes) is 31. The fourth-order valence-corrected chi connectivity index (χ4v) is 11.4. The number of aliphatic hydroxyl groups excluding tert-OH is 1. The summed E-state index contributed by atoms with van der Waals surface area (Å²) in [5.41, 5.74) is 0. The molecule has 17 nitrogen and oxygen atoms in total. The number of rotatable bonds is 64. The van der Waals surface area contributed by atoms with Crippen molar-refractivity contribution in [2.75, 3.05) is 39.6 Å². The van der Waals surface area contributed by atoms with Crippen LogP contribution >= 0.6 is 15.6 Å². The highest BCUT2D eigenvalue weighted by molar-refractivity contribution is 7.47. The van der Waals surface area contributed by atoms with Gasteiger partial charge in [0.25, 0.3) is 0 Å². The van der Waals surface area contributed by atoms with E-state index in [9.17, 15) is 43.2 Å². The molecule has 0 aromatic rings. The topological polar surface area (TPSA) is 237 Å². The lowest BCUT2D eigenvalue weighted by molar-refractivity contribution is -0.161. The maximum atomic E-state index is 13.0. The van der Waals surface area contributed by atoms with E-state index in [2.05, 4.69) is 48.5 Å². The fourth-order valence-electron chi connectivity index (χ4n) is 9.80. The van der Waals surface area contributed by atoms with E-state index < -0.39 is 97.5 Å². The molecule has 0 saturated carbocycles. The molecule has 3 unspecified atom stereocenters. The van der Waals surface area contributed by atoms with Crippen LogP contribution in [0.5, 0.6) is 0 Å². The van der Waals surface area contributed by atoms with E-state index in [1.54, 1.807) is 0 Å². The van der Waals surface area contributed by atoms with E-state index >= 15 is 0 Å². The number of hydrogen-bond acceptors (Lipinski definition) is 15. The number of aliphatic hydroxyl groups is 1. The van der Waals surface area contributed by atoms with Gasteiger partial charge in [-0.1, -0.05) is 273 Å². The molecule has 0 bridgehead atoms. The third kappa shape index (κ3) is 59.5. The number of ether oxygens (including phenoxy) is 4. The number of carbonyl (C=O) groups excluding carboxylic acids is 4. The first-order valence-electron chi connectivity index (χ1n) is 34.4. The van der Waals surface area contributed by atoms with Crippen molar-refractivity contribution in [1.82, 2.24) is 0 Å². The second-order valence-corrected chi connectivity index (χ2v) is 28.0. The van der Waals surface area contributed by atoms with E-state index in [0.29, 0.717) is 25.7 Å². The van der Waals surface area contributed by atoms with Crippen LogP contribution in [0.25, 0.3) is 0 Å². The molecular formula is C66H128O17P2. The summed E-state index contributed by atoms with van der Waals surface area (Å²) >= 11 is 0. The smallest absolute Gasteiger partial charge is 0.462 e. The Hall–Kier alpha value is -1.94. The Kier molecular flexibility index (Phi) is 55.9. The Labute approximate surface area is 517 Å². The highest BCUT2D eigenvalue weighted by Crippen LogP contribution is 2.45. The molecular weight excluding hydrogens is 1130 g/mol. The zero-order chi connectivity index (χ0) is 63.1. The van der Waals surface area contributed by atoms with Crippen LogP contribution < -0.4 is 0 Å². The van der Waals surface area contributed by atoms with Crippen LogP contribution in [-0.4, -0.2) is 96.7 Å². The summed E-state index contributed by atoms with van der Waals surface area (Å²) in [6, 6.07) is 0. The standard InChI is InChI=1S/C66H128O17P2/c1-8-10-11-30-40-47-63(68)76-53-61(83-66(71)50-43-36-29-28-33-39-46-59(7)9-2)55-80-84(72,73)78-51-60(67)52-79-85(74,75)81-56-62(82-65(70)49-42-35-27-23-19-15-13-17-21-25-32-38-45-58(5)6)54-77-64(69)48-41-34-26-22-18-14-12-16-20-24-31-37-44-57(3)4/h57-62,67H,8-56H2,1-7H3,(H,72,73)(H,74,75)/t59?,60-,61+,62+/m0/s1. The van der Waals surface area contributed by atoms with Crippen molar-refractivity contribution in [2.45, 2.75) is 343 Å². The molecule has 3 N–H and O–H groups in total. The summed E-state index contributed by atoms with van der Waals surface area (Å²) in [6.45, 7) is 11.7. The summed E-state index contributed by atoms with van der Waals surface area (Å²) < 4.78 is 67.9. The average molecular weight is 1260 g/mol. The van der Waals surface area contributed by atoms with Gasteiger partial charge < -0.3 is 33.8 Å². The van der Waals surface area contributed by atoms with Gasteiger partial charge in [-0.2, -0.15) is 0 Å². The molecule has 19 heteroatoms. The summed E-state index contributed by atoms with van der Waals surface area (Å²) in [6.07, 6.45) is 39.3. The van der Waals surface area contributed by atoms with Gasteiger partial charge in [-0.25, -0.2) is 9.13 Å². The Bertz CT molecular complexity index is 1680. The fraction of sp³-hybridized carbons (Fsp3) is 0.939. The molecule has 0 amide bonds. The van der Waals surface area contributed by atoms with Gasteiger partial charge in [-0.3, -0.25) is 37.3 Å². The molecule has 0 spiro atoms. The van der Waals surface area contributed by atoms with Crippen molar-refractivity contribution in [3.8, 4) is 0 Å². The van der Waals surface area contributed by atoms with Crippen LogP contribution in [0.15, 0.2) is 0 Å². The molecule has 0 aromatic carbocycles. The molecule has 0 aromatic heterocycles. The minimum Gasteiger partial charge on any atom is -0.462 e. The monoisotopic (exact) mass is 1250 g/mol. The van der Waals surface area contributed by atoms with Crippen LogP contribution in [-0.2, 0) is 65.4 Å². The number of phosphoric ester groups is 2. The third-order valence-electron chi connectivity index (χ3n) is 15.5. The quantitative estimate of drug-likeness (QED) is 0.0222. The van der Waals surface area contributed by atoms with E-state index in [1.807, 2.05) is 0 Å². The minimum atomic E-state index is -4.95. The summed E-state index contributed by atoms with van der Waals surface area (Å²) in [4.78, 5) is 72.1. The number of esters is 4. The van der Waals surface area contributed by atoms with Crippen LogP contribution in [0, 0.1) is 17.8 Å². The maximum absolute atomic E-state index is 13.0. The first kappa shape index (κ1) is 83.1. The zero-order valence-corrected chi connectivity index (χ0v) is 56.9. The molecule has 0 aliphatic carbocycles. The summed E-state index contributed by atoms with van der Waals surface area (Å²) in [7, 11) is -9.88. The molecule has 0 radical (unpaired) electrons. The van der Waals surface area contributed by atoms with Gasteiger partial charge in [0, 0.05) is 25.7 Å². The van der Waals surface area contributed by atoms with E-state index in [0.717, 1.165) is 114 Å². The lowest BCUT2D eigenvalue weighted by Gasteiger charge is -2.21. The lowest BCUT2D eigenvalue weighted by atomic mass is 10.00. The van der Waals surface area contributed by atoms with Crippen molar-refractivity contribution in [3.05, 3.63) is 0 Å². The Balaban J connectivity index is 5.18. The normalized spacial score (nSPS) is 14.6. The summed E-state index contributed by atoms with van der Waals surface area (Å²) in [5, 5.41) is 10.5. The molecule has 85 heavy (non-hydrogen) atoms. The van der Waals surface area contributed by atoms with Gasteiger partial charge in [-0.15, -0.1) is 0 Å². The van der Waals surface area contributed by atoms with Gasteiger partial charge in [0.05, 0.1) is 26.4 Å². The zero-order valence-electron chi connectivity index (χ0n) is 55.1. The van der Waals surface area contributed by atoms with Crippen LogP contribution in [0.4, 0.5) is 0 Å². The van der Waals surface area contributed by atoms with Crippen molar-refractivity contribution in [2.24, 2.45) is 17.8 Å². The number of carbonyl (C=O) groups is 4. The highest BCUT2D eigenvalue weighted by Gasteiger charge is 2.30. The Morgan fingerprint density at radius 3 is 0.894 bits per heavy atom. The van der Waals surface area contributed by atoms with Gasteiger partial charge in [-0.05, 0) is 43.4 Å². The predicted octanol–water partition coefficient (Wildman–Crippen LogP) is 18.3. The van der Waals surface area contributed by atoms with Crippen LogP contribution in [0.3, 0.4) is 0 Å². The molecule has 6 atom stereocenters. The molecule has 0 fully saturated rings. The lowest BCUT2D eigenvalue weighted by Crippen LogP contribution is -2.30. The van der Waals surface area contributed by atoms with E-state index in [1.165, 1.54) is 128 Å². The molecule has 0 aliphatic heterocycles. The largest absolute Gasteiger partial charge is 0.472 e. The Morgan fingerprint density at radius 2 is 0.600 bits per heavy atom. The van der Waals surface area contributed by atoms with Gasteiger partial charge in [0.1, 0.15) is 19.3 Å². The van der Waals surface area contributed by atoms with Crippen LogP contribution in [0.2, 0.25) is 0 Å². The third-order valence-corrected chi connectivity index (χ3v) is 17.4. The molecule has 504 valence electrons. The Morgan fingerprint density at radius 1 is 0.341 bits per heavy atom. The average Bonchev–Trinajstić information content (AvgIpc) is 3.46. The highest BCUT2D eigenvalue weighted by atomic mass is 31.2. The van der Waals surface area contributed by atoms with E-state index in [-0.39, 0.29) is 25.7 Å². The minimum absolute atomic E-state index is 0.102. The number of phosphoric acid groups is 2. The molecule has 0 saturated heterocycles. The van der Waals surface area contributed by atoms with Gasteiger partial charge in [0.15, 0.2) is 12.2 Å². The second-order valence-electron chi connectivity index (χ2n) is 25.1. The molecule has 0 rings (SSSR count).